The monoisotopic (exact) mass is 521 g/mol. The molecule has 3 nitrogen and oxygen atoms in total. The topological polar surface area (TPSA) is 42.1 Å². The summed E-state index contributed by atoms with van der Waals surface area (Å²) < 4.78 is 5.29. The number of hydrogen-bond acceptors (Lipinski definition) is 2. The van der Waals surface area contributed by atoms with Crippen molar-refractivity contribution < 1.29 is 9.53 Å². The molecule has 0 spiro atoms. The van der Waals surface area contributed by atoms with Crippen molar-refractivity contribution in [3.05, 3.63) is 101 Å². The molecule has 4 rings (SSSR count). The fourth-order valence-electron chi connectivity index (χ4n) is 5.12. The zero-order chi connectivity index (χ0) is 27.5. The smallest absolute Gasteiger partial charge is 0.209 e. The van der Waals surface area contributed by atoms with E-state index in [2.05, 4.69) is 73.4 Å². The van der Waals surface area contributed by atoms with Gasteiger partial charge in [-0.15, -0.1) is 0 Å². The molecule has 0 unspecified atom stereocenters. The highest BCUT2D eigenvalue weighted by molar-refractivity contribution is 6.12. The number of hydrogen-bond donors (Lipinski definition) is 1. The second-order valence-electron chi connectivity index (χ2n) is 10.5. The summed E-state index contributed by atoms with van der Waals surface area (Å²) in [6, 6.07) is 27.0. The number of carbonyl (C=O) groups excluding carboxylic acids is 1. The third-order valence-corrected chi connectivity index (χ3v) is 7.56. The van der Waals surface area contributed by atoms with Crippen LogP contribution in [0.15, 0.2) is 78.9 Å². The van der Waals surface area contributed by atoms with E-state index in [0.29, 0.717) is 11.3 Å². The van der Waals surface area contributed by atoms with Crippen molar-refractivity contribution in [3.63, 3.8) is 0 Å². The van der Waals surface area contributed by atoms with E-state index in [0.717, 1.165) is 41.0 Å². The molecule has 3 heteroatoms. The van der Waals surface area contributed by atoms with Gasteiger partial charge in [-0.2, -0.15) is 0 Å². The highest BCUT2D eigenvalue weighted by Crippen LogP contribution is 2.32. The quantitative estimate of drug-likeness (QED) is 0.125. The van der Waals surface area contributed by atoms with Gasteiger partial charge in [-0.3, -0.25) is 4.79 Å². The third-order valence-electron chi connectivity index (χ3n) is 7.56. The van der Waals surface area contributed by atoms with Crippen LogP contribution in [0.5, 0.6) is 5.75 Å². The molecule has 39 heavy (non-hydrogen) atoms. The molecule has 0 amide bonds. The van der Waals surface area contributed by atoms with Gasteiger partial charge in [0.05, 0.1) is 12.8 Å². The third kappa shape index (κ3) is 7.72. The number of nitrogens with one attached hydrogen (secondary N) is 1. The average Bonchev–Trinajstić information content (AvgIpc) is 3.43. The summed E-state index contributed by atoms with van der Waals surface area (Å²) >= 11 is 0. The van der Waals surface area contributed by atoms with Gasteiger partial charge in [0.25, 0.3) is 0 Å². The lowest BCUT2D eigenvalue weighted by atomic mass is 9.97. The average molecular weight is 522 g/mol. The first-order chi connectivity index (χ1) is 19.1. The highest BCUT2D eigenvalue weighted by atomic mass is 16.5. The van der Waals surface area contributed by atoms with Crippen LogP contribution in [0.3, 0.4) is 0 Å². The first-order valence-corrected chi connectivity index (χ1v) is 14.7. The van der Waals surface area contributed by atoms with Crippen LogP contribution in [0.25, 0.3) is 22.4 Å². The minimum Gasteiger partial charge on any atom is -0.497 e. The van der Waals surface area contributed by atoms with Gasteiger partial charge in [0, 0.05) is 16.8 Å². The maximum absolute atomic E-state index is 13.7. The Morgan fingerprint density at radius 3 is 1.72 bits per heavy atom. The fraction of sp³-hybridized carbons (Fsp3) is 0.361. The lowest BCUT2D eigenvalue weighted by Crippen LogP contribution is -2.03. The van der Waals surface area contributed by atoms with Gasteiger partial charge in [-0.25, -0.2) is 0 Å². The van der Waals surface area contributed by atoms with Crippen molar-refractivity contribution in [2.45, 2.75) is 78.1 Å². The Labute approximate surface area is 234 Å². The number of aryl methyl sites for hydroxylation is 2. The predicted molar refractivity (Wildman–Crippen MR) is 164 cm³/mol. The van der Waals surface area contributed by atoms with Gasteiger partial charge in [0.15, 0.2) is 0 Å². The van der Waals surface area contributed by atoms with Crippen molar-refractivity contribution in [2.75, 3.05) is 7.11 Å². The van der Waals surface area contributed by atoms with Crippen LogP contribution in [0, 0.1) is 0 Å². The molecule has 0 aliphatic heterocycles. The Morgan fingerprint density at radius 1 is 0.667 bits per heavy atom. The summed E-state index contributed by atoms with van der Waals surface area (Å²) in [4.78, 5) is 17.2. The SMILES string of the molecule is CCCCCCc1ccc(-c2cc(-c3ccc(CCCCCC)cc3)c(C(=O)c3ccc(OC)cc3)[nH]2)cc1. The molecule has 204 valence electrons. The molecule has 0 aliphatic rings. The first kappa shape index (κ1) is 28.4. The summed E-state index contributed by atoms with van der Waals surface area (Å²) in [6.07, 6.45) is 12.3. The molecular weight excluding hydrogens is 478 g/mol. The van der Waals surface area contributed by atoms with Gasteiger partial charge >= 0.3 is 0 Å². The summed E-state index contributed by atoms with van der Waals surface area (Å²) in [5, 5.41) is 0. The van der Waals surface area contributed by atoms with E-state index in [4.69, 9.17) is 4.74 Å². The number of ether oxygens (including phenoxy) is 1. The van der Waals surface area contributed by atoms with Crippen LogP contribution in [0.1, 0.15) is 92.4 Å². The molecule has 0 aliphatic carbocycles. The number of unbranched alkanes of at least 4 members (excludes halogenated alkanes) is 6. The van der Waals surface area contributed by atoms with Crippen molar-refractivity contribution in [3.8, 4) is 28.1 Å². The Hall–Kier alpha value is -3.59. The maximum Gasteiger partial charge on any atom is 0.209 e. The molecule has 0 bridgehead atoms. The van der Waals surface area contributed by atoms with E-state index in [1.807, 2.05) is 24.3 Å². The minimum absolute atomic E-state index is 0.0184. The van der Waals surface area contributed by atoms with Gasteiger partial charge in [-0.1, -0.05) is 101 Å². The largest absolute Gasteiger partial charge is 0.497 e. The van der Waals surface area contributed by atoms with Crippen molar-refractivity contribution in [1.29, 1.82) is 0 Å². The molecule has 4 aromatic rings. The molecule has 3 aromatic carbocycles. The van der Waals surface area contributed by atoms with Crippen molar-refractivity contribution >= 4 is 5.78 Å². The van der Waals surface area contributed by atoms with E-state index in [-0.39, 0.29) is 5.78 Å². The Bertz CT molecular complexity index is 1300. The van der Waals surface area contributed by atoms with Gasteiger partial charge < -0.3 is 9.72 Å². The second kappa shape index (κ2) is 14.5. The summed E-state index contributed by atoms with van der Waals surface area (Å²) in [5.41, 5.74) is 8.02. The van der Waals surface area contributed by atoms with Crippen molar-refractivity contribution in [2.24, 2.45) is 0 Å². The molecular formula is C36H43NO2. The molecule has 0 radical (unpaired) electrons. The van der Waals surface area contributed by atoms with Crippen LogP contribution in [-0.2, 0) is 12.8 Å². The Kier molecular flexibility index (Phi) is 10.6. The van der Waals surface area contributed by atoms with Gasteiger partial charge in [0.2, 0.25) is 5.78 Å². The van der Waals surface area contributed by atoms with Crippen LogP contribution < -0.4 is 4.74 Å². The number of H-pyrrole nitrogens is 1. The lowest BCUT2D eigenvalue weighted by Gasteiger charge is -2.07. The normalized spacial score (nSPS) is 11.1. The molecule has 1 heterocycles. The molecule has 0 saturated carbocycles. The number of carbonyl (C=O) groups is 1. The zero-order valence-electron chi connectivity index (χ0n) is 23.9. The second-order valence-corrected chi connectivity index (χ2v) is 10.5. The van der Waals surface area contributed by atoms with Gasteiger partial charge in [-0.05, 0) is 78.3 Å². The van der Waals surface area contributed by atoms with Crippen LogP contribution in [-0.4, -0.2) is 17.9 Å². The van der Waals surface area contributed by atoms with E-state index in [1.54, 1.807) is 7.11 Å². The number of benzene rings is 3. The molecule has 0 fully saturated rings. The summed E-state index contributed by atoms with van der Waals surface area (Å²) in [5.74, 6) is 0.721. The summed E-state index contributed by atoms with van der Waals surface area (Å²) in [7, 11) is 1.64. The van der Waals surface area contributed by atoms with E-state index in [9.17, 15) is 4.79 Å². The van der Waals surface area contributed by atoms with E-state index in [1.165, 1.54) is 62.5 Å². The van der Waals surface area contributed by atoms with Crippen LogP contribution in [0.4, 0.5) is 0 Å². The van der Waals surface area contributed by atoms with E-state index < -0.39 is 0 Å². The first-order valence-electron chi connectivity index (χ1n) is 14.7. The minimum atomic E-state index is -0.0184. The maximum atomic E-state index is 13.7. The van der Waals surface area contributed by atoms with Gasteiger partial charge in [0.1, 0.15) is 5.75 Å². The Balaban J connectivity index is 1.61. The number of aromatic nitrogens is 1. The predicted octanol–water partition coefficient (Wildman–Crippen LogP) is 9.83. The highest BCUT2D eigenvalue weighted by Gasteiger charge is 2.19. The standard InChI is InChI=1S/C36H43NO2/c1-4-6-8-10-12-27-14-18-29(19-15-27)33-26-34(30-20-16-28(17-21-30)13-11-9-7-5-2)37-35(33)36(38)31-22-24-32(39-3)25-23-31/h14-26,37H,4-13H2,1-3H3. The number of rotatable bonds is 15. The molecule has 1 aromatic heterocycles. The van der Waals surface area contributed by atoms with E-state index >= 15 is 0 Å². The number of methoxy groups -OCH3 is 1. The lowest BCUT2D eigenvalue weighted by molar-refractivity contribution is 0.103. The molecule has 1 N–H and O–H groups in total. The number of aromatic amines is 1. The Morgan fingerprint density at radius 2 is 1.21 bits per heavy atom. The van der Waals surface area contributed by atoms with Crippen LogP contribution >= 0.6 is 0 Å². The molecule has 0 saturated heterocycles. The van der Waals surface area contributed by atoms with Crippen LogP contribution in [0.2, 0.25) is 0 Å². The van der Waals surface area contributed by atoms with Crippen molar-refractivity contribution in [1.82, 2.24) is 4.98 Å². The zero-order valence-corrected chi connectivity index (χ0v) is 23.9. The molecule has 0 atom stereocenters. The number of ketones is 1. The summed E-state index contributed by atoms with van der Waals surface area (Å²) in [6.45, 7) is 4.49. The fourth-order valence-corrected chi connectivity index (χ4v) is 5.12.